The van der Waals surface area contributed by atoms with E-state index >= 15 is 0 Å². The molecule has 0 aliphatic carbocycles. The minimum Gasteiger partial charge on any atom is -0.379 e. The highest BCUT2D eigenvalue weighted by Gasteiger charge is 2.16. The Kier molecular flexibility index (Phi) is 8.53. The summed E-state index contributed by atoms with van der Waals surface area (Å²) in [5, 5.41) is 0.718. The minimum absolute atomic E-state index is 0.188. The van der Waals surface area contributed by atoms with Crippen molar-refractivity contribution in [2.45, 2.75) is 91.9 Å². The van der Waals surface area contributed by atoms with Crippen LogP contribution in [0.2, 0.25) is 0 Å². The number of thioether (sulfide) groups is 1. The molecule has 2 nitrogen and oxygen atoms in total. The van der Waals surface area contributed by atoms with E-state index in [1.54, 1.807) is 11.8 Å². The van der Waals surface area contributed by atoms with Crippen LogP contribution in [0.25, 0.3) is 0 Å². The van der Waals surface area contributed by atoms with E-state index in [1.807, 2.05) is 0 Å². The molecule has 0 fully saturated rings. The van der Waals surface area contributed by atoms with E-state index in [1.165, 1.54) is 35.1 Å². The maximum Gasteiger partial charge on any atom is 0.154 e. The second kappa shape index (κ2) is 9.66. The molecule has 2 N–H and O–H groups in total. The first kappa shape index (κ1) is 22.1. The molecule has 0 aliphatic heterocycles. The molecule has 1 rings (SSSR count). The van der Waals surface area contributed by atoms with E-state index < -0.39 is 0 Å². The summed E-state index contributed by atoms with van der Waals surface area (Å²) in [7, 11) is 0. The molecule has 1 atom stereocenters. The molecule has 0 heterocycles. The Labute approximate surface area is 160 Å². The van der Waals surface area contributed by atoms with E-state index in [9.17, 15) is 0 Å². The molecular formula is C22H38N2S. The van der Waals surface area contributed by atoms with E-state index in [2.05, 4.69) is 72.5 Å². The lowest BCUT2D eigenvalue weighted by molar-refractivity contribution is 0.512. The van der Waals surface area contributed by atoms with E-state index in [0.29, 0.717) is 6.04 Å². The van der Waals surface area contributed by atoms with Crippen LogP contribution >= 0.6 is 11.8 Å². The Morgan fingerprint density at radius 2 is 1.64 bits per heavy atom. The quantitative estimate of drug-likeness (QED) is 0.452. The number of benzene rings is 1. The Morgan fingerprint density at radius 1 is 1.08 bits per heavy atom. The van der Waals surface area contributed by atoms with Crippen molar-refractivity contribution in [3.63, 3.8) is 0 Å². The van der Waals surface area contributed by atoms with Crippen LogP contribution in [0.1, 0.15) is 83.1 Å². The largest absolute Gasteiger partial charge is 0.379 e. The maximum absolute atomic E-state index is 6.17. The van der Waals surface area contributed by atoms with Gasteiger partial charge >= 0.3 is 0 Å². The van der Waals surface area contributed by atoms with E-state index in [-0.39, 0.29) is 5.41 Å². The molecule has 0 radical (unpaired) electrons. The Morgan fingerprint density at radius 3 is 2.12 bits per heavy atom. The molecule has 142 valence electrons. The van der Waals surface area contributed by atoms with Gasteiger partial charge in [0.05, 0.1) is 0 Å². The van der Waals surface area contributed by atoms with E-state index in [0.717, 1.165) is 23.3 Å². The predicted molar refractivity (Wildman–Crippen MR) is 116 cm³/mol. The fraction of sp³-hybridized carbons (Fsp3) is 0.682. The second-order valence-corrected chi connectivity index (χ2v) is 9.76. The molecule has 0 unspecified atom stereocenters. The third kappa shape index (κ3) is 7.85. The fourth-order valence-electron chi connectivity index (χ4n) is 2.94. The molecule has 1 aromatic carbocycles. The summed E-state index contributed by atoms with van der Waals surface area (Å²) in [4.78, 5) is 4.66. The molecular weight excluding hydrogens is 324 g/mol. The zero-order valence-corrected chi connectivity index (χ0v) is 18.4. The summed E-state index contributed by atoms with van der Waals surface area (Å²) in [6, 6.07) is 4.96. The third-order valence-corrected chi connectivity index (χ3v) is 5.51. The molecule has 0 saturated carbocycles. The van der Waals surface area contributed by atoms with Crippen molar-refractivity contribution < 1.29 is 0 Å². The first-order chi connectivity index (χ1) is 11.5. The highest BCUT2D eigenvalue weighted by Crippen LogP contribution is 2.28. The number of nitrogens with two attached hydrogens (primary N) is 1. The second-order valence-electron chi connectivity index (χ2n) is 8.77. The summed E-state index contributed by atoms with van der Waals surface area (Å²) < 4.78 is 0. The monoisotopic (exact) mass is 362 g/mol. The highest BCUT2D eigenvalue weighted by atomic mass is 32.2. The van der Waals surface area contributed by atoms with Gasteiger partial charge in [-0.15, -0.1) is 0 Å². The number of nitrogens with zero attached hydrogens (tertiary/aromatic N) is 1. The lowest BCUT2D eigenvalue weighted by Crippen LogP contribution is -2.14. The lowest BCUT2D eigenvalue weighted by Gasteiger charge is -2.22. The first-order valence-corrected chi connectivity index (χ1v) is 10.6. The molecule has 0 aliphatic rings. The highest BCUT2D eigenvalue weighted by molar-refractivity contribution is 8.13. The van der Waals surface area contributed by atoms with Crippen molar-refractivity contribution in [3.8, 4) is 0 Å². The summed E-state index contributed by atoms with van der Waals surface area (Å²) in [6.07, 6.45) is 3.62. The predicted octanol–water partition coefficient (Wildman–Crippen LogP) is 6.36. The van der Waals surface area contributed by atoms with Crippen LogP contribution in [0.4, 0.5) is 0 Å². The third-order valence-electron chi connectivity index (χ3n) is 4.68. The SMILES string of the molecule is Cc1cc(C(C)(C)C)cc(C)c1CSC(N)=N[C@@H](C)CCCC(C)C. The molecule has 0 bridgehead atoms. The normalized spacial score (nSPS) is 14.2. The van der Waals surface area contributed by atoms with Gasteiger partial charge in [0.1, 0.15) is 0 Å². The fourth-order valence-corrected chi connectivity index (χ4v) is 3.94. The number of rotatable bonds is 7. The van der Waals surface area contributed by atoms with Crippen molar-refractivity contribution in [1.82, 2.24) is 0 Å². The van der Waals surface area contributed by atoms with Crippen molar-refractivity contribution in [1.29, 1.82) is 0 Å². The number of aryl methyl sites for hydroxylation is 2. The standard InChI is InChI=1S/C22H38N2S/c1-15(2)10-9-11-18(5)24-21(23)25-14-20-16(3)12-19(13-17(20)4)22(6,7)8/h12-13,15,18H,9-11,14H2,1-8H3,(H2,23,24)/t18-/m0/s1. The molecule has 0 aromatic heterocycles. The average Bonchev–Trinajstić information content (AvgIpc) is 2.44. The summed E-state index contributed by atoms with van der Waals surface area (Å²) in [5.41, 5.74) is 11.9. The van der Waals surface area contributed by atoms with Gasteiger partial charge in [-0.3, -0.25) is 4.99 Å². The van der Waals surface area contributed by atoms with Gasteiger partial charge < -0.3 is 5.73 Å². The smallest absolute Gasteiger partial charge is 0.154 e. The molecule has 0 spiro atoms. The van der Waals surface area contributed by atoms with Crippen LogP contribution in [-0.2, 0) is 11.2 Å². The molecule has 0 saturated heterocycles. The van der Waals surface area contributed by atoms with Crippen molar-refractivity contribution in [3.05, 3.63) is 34.4 Å². The molecule has 3 heteroatoms. The van der Waals surface area contributed by atoms with Crippen LogP contribution in [0.5, 0.6) is 0 Å². The number of hydrogen-bond donors (Lipinski definition) is 1. The summed E-state index contributed by atoms with van der Waals surface area (Å²) in [5.74, 6) is 1.67. The lowest BCUT2D eigenvalue weighted by atomic mass is 9.84. The molecule has 1 aromatic rings. The average molecular weight is 363 g/mol. The van der Waals surface area contributed by atoms with Crippen LogP contribution in [0.15, 0.2) is 17.1 Å². The number of amidine groups is 1. The number of hydrogen-bond acceptors (Lipinski definition) is 2. The Hall–Kier alpha value is -0.960. The van der Waals surface area contributed by atoms with E-state index in [4.69, 9.17) is 5.73 Å². The van der Waals surface area contributed by atoms with Gasteiger partial charge in [0.2, 0.25) is 0 Å². The Balaban J connectivity index is 2.67. The van der Waals surface area contributed by atoms with Crippen LogP contribution in [0.3, 0.4) is 0 Å². The van der Waals surface area contributed by atoms with Crippen LogP contribution in [0, 0.1) is 19.8 Å². The Bertz CT molecular complexity index is 559. The van der Waals surface area contributed by atoms with Gasteiger partial charge in [-0.1, -0.05) is 71.4 Å². The zero-order chi connectivity index (χ0) is 19.2. The molecule has 0 amide bonds. The zero-order valence-electron chi connectivity index (χ0n) is 17.6. The van der Waals surface area contributed by atoms with Gasteiger partial charge in [0.25, 0.3) is 0 Å². The van der Waals surface area contributed by atoms with Gasteiger partial charge in [-0.2, -0.15) is 0 Å². The van der Waals surface area contributed by atoms with Crippen molar-refractivity contribution in [2.75, 3.05) is 0 Å². The van der Waals surface area contributed by atoms with Crippen LogP contribution in [-0.4, -0.2) is 11.2 Å². The molecule has 25 heavy (non-hydrogen) atoms. The van der Waals surface area contributed by atoms with Gasteiger partial charge in [-0.25, -0.2) is 0 Å². The summed E-state index contributed by atoms with van der Waals surface area (Å²) >= 11 is 1.67. The van der Waals surface area contributed by atoms with Gasteiger partial charge in [0.15, 0.2) is 5.17 Å². The van der Waals surface area contributed by atoms with Gasteiger partial charge in [0, 0.05) is 11.8 Å². The van der Waals surface area contributed by atoms with Crippen LogP contribution < -0.4 is 5.73 Å². The van der Waals surface area contributed by atoms with Crippen molar-refractivity contribution >= 4 is 16.9 Å². The topological polar surface area (TPSA) is 38.4 Å². The number of aliphatic imine (C=N–C) groups is 1. The first-order valence-electron chi connectivity index (χ1n) is 9.57. The summed E-state index contributed by atoms with van der Waals surface area (Å²) in [6.45, 7) is 17.9. The van der Waals surface area contributed by atoms with Gasteiger partial charge in [-0.05, 0) is 60.8 Å². The maximum atomic E-state index is 6.17. The van der Waals surface area contributed by atoms with Crippen molar-refractivity contribution in [2.24, 2.45) is 16.6 Å². The minimum atomic E-state index is 0.188.